The summed E-state index contributed by atoms with van der Waals surface area (Å²) in [5, 5.41) is 0.629. The van der Waals surface area contributed by atoms with Crippen molar-refractivity contribution in [3.05, 3.63) is 64.2 Å². The third-order valence-corrected chi connectivity index (χ3v) is 8.17. The molecule has 1 amide bonds. The van der Waals surface area contributed by atoms with Gasteiger partial charge in [0.25, 0.3) is 5.91 Å². The number of fused-ring (bicyclic) bond motifs is 1. The Hall–Kier alpha value is -3.07. The summed E-state index contributed by atoms with van der Waals surface area (Å²) < 4.78 is 35.7. The number of anilines is 1. The van der Waals surface area contributed by atoms with E-state index in [1.165, 1.54) is 17.4 Å². The molecule has 2 saturated heterocycles. The predicted molar refractivity (Wildman–Crippen MR) is 124 cm³/mol. The van der Waals surface area contributed by atoms with Gasteiger partial charge in [-0.3, -0.25) is 4.79 Å². The number of hydrogen-bond donors (Lipinski definition) is 0. The molecule has 2 fully saturated rings. The van der Waals surface area contributed by atoms with E-state index < -0.39 is 27.4 Å². The summed E-state index contributed by atoms with van der Waals surface area (Å²) in [5.74, 6) is 0.648. The van der Waals surface area contributed by atoms with Crippen molar-refractivity contribution in [2.24, 2.45) is 0 Å². The molecule has 174 valence electrons. The Morgan fingerprint density at radius 3 is 2.61 bits per heavy atom. The molecule has 1 atom stereocenters. The van der Waals surface area contributed by atoms with Crippen molar-refractivity contribution in [2.75, 3.05) is 29.5 Å². The summed E-state index contributed by atoms with van der Waals surface area (Å²) in [6.45, 7) is 1.93. The summed E-state index contributed by atoms with van der Waals surface area (Å²) in [7, 11) is -3.24. The SMILES string of the molecule is O=C(c1cc2ccccc2oc1=O)N(Cc1ccc(N2CCCCC2)o1)C1CCS(=O)(=O)C1. The number of nitrogens with zero attached hydrogens (tertiary/aromatic N) is 2. The smallest absolute Gasteiger partial charge is 0.349 e. The number of amides is 1. The van der Waals surface area contributed by atoms with E-state index in [2.05, 4.69) is 4.90 Å². The van der Waals surface area contributed by atoms with Gasteiger partial charge in [-0.2, -0.15) is 0 Å². The maximum Gasteiger partial charge on any atom is 0.349 e. The summed E-state index contributed by atoms with van der Waals surface area (Å²) in [4.78, 5) is 29.8. The summed E-state index contributed by atoms with van der Waals surface area (Å²) in [6.07, 6.45) is 3.75. The first-order valence-corrected chi connectivity index (χ1v) is 13.1. The van der Waals surface area contributed by atoms with E-state index in [0.29, 0.717) is 23.2 Å². The van der Waals surface area contributed by atoms with Crippen LogP contribution in [0.2, 0.25) is 0 Å². The quantitative estimate of drug-likeness (QED) is 0.528. The molecule has 4 heterocycles. The lowest BCUT2D eigenvalue weighted by molar-refractivity contribution is 0.0662. The van der Waals surface area contributed by atoms with Crippen molar-refractivity contribution >= 4 is 32.6 Å². The van der Waals surface area contributed by atoms with E-state index in [9.17, 15) is 18.0 Å². The molecular formula is C24H26N2O6S. The number of piperidine rings is 1. The monoisotopic (exact) mass is 470 g/mol. The Labute approximate surface area is 191 Å². The van der Waals surface area contributed by atoms with Gasteiger partial charge in [-0.05, 0) is 43.9 Å². The standard InChI is InChI=1S/C24H26N2O6S/c27-23(20-14-17-6-2-3-7-21(17)32-24(20)28)26(18-10-13-33(29,30)16-18)15-19-8-9-22(31-19)25-11-4-1-5-12-25/h2-3,6-9,14,18H,1,4-5,10-13,15-16H2. The molecule has 1 aromatic carbocycles. The van der Waals surface area contributed by atoms with E-state index in [-0.39, 0.29) is 23.6 Å². The number of hydrogen-bond acceptors (Lipinski definition) is 7. The third kappa shape index (κ3) is 4.55. The average Bonchev–Trinajstić information content (AvgIpc) is 3.43. The van der Waals surface area contributed by atoms with Crippen LogP contribution < -0.4 is 10.5 Å². The average molecular weight is 471 g/mol. The predicted octanol–water partition coefficient (Wildman–Crippen LogP) is 3.21. The van der Waals surface area contributed by atoms with Gasteiger partial charge in [0, 0.05) is 30.6 Å². The van der Waals surface area contributed by atoms with Crippen LogP contribution >= 0.6 is 0 Å². The minimum absolute atomic E-state index is 0.0188. The Kier molecular flexibility index (Phi) is 5.74. The van der Waals surface area contributed by atoms with Crippen LogP contribution in [-0.4, -0.2) is 49.9 Å². The zero-order valence-electron chi connectivity index (χ0n) is 18.2. The molecule has 3 aromatic rings. The fraction of sp³-hybridized carbons (Fsp3) is 0.417. The van der Waals surface area contributed by atoms with Gasteiger partial charge in [0.1, 0.15) is 16.9 Å². The fourth-order valence-electron chi connectivity index (χ4n) is 4.66. The minimum Gasteiger partial charge on any atom is -0.444 e. The molecule has 0 radical (unpaired) electrons. The lowest BCUT2D eigenvalue weighted by atomic mass is 10.1. The highest BCUT2D eigenvalue weighted by Gasteiger charge is 2.36. The highest BCUT2D eigenvalue weighted by atomic mass is 32.2. The molecule has 9 heteroatoms. The van der Waals surface area contributed by atoms with Crippen LogP contribution in [0.4, 0.5) is 5.88 Å². The van der Waals surface area contributed by atoms with Gasteiger partial charge in [-0.15, -0.1) is 0 Å². The lowest BCUT2D eigenvalue weighted by Crippen LogP contribution is -2.42. The molecule has 2 aliphatic heterocycles. The largest absolute Gasteiger partial charge is 0.444 e. The second-order valence-corrected chi connectivity index (χ2v) is 11.0. The number of carbonyl (C=O) groups excluding carboxylic acids is 1. The highest BCUT2D eigenvalue weighted by molar-refractivity contribution is 7.91. The zero-order chi connectivity index (χ0) is 23.0. The van der Waals surface area contributed by atoms with Crippen LogP contribution in [0.1, 0.15) is 41.8 Å². The number of para-hydroxylation sites is 1. The second-order valence-electron chi connectivity index (χ2n) is 8.76. The minimum atomic E-state index is -3.24. The molecule has 5 rings (SSSR count). The van der Waals surface area contributed by atoms with Gasteiger partial charge >= 0.3 is 5.63 Å². The third-order valence-electron chi connectivity index (χ3n) is 6.42. The molecule has 0 spiro atoms. The van der Waals surface area contributed by atoms with E-state index in [0.717, 1.165) is 31.8 Å². The second kappa shape index (κ2) is 8.70. The Morgan fingerprint density at radius 2 is 1.85 bits per heavy atom. The van der Waals surface area contributed by atoms with Crippen molar-refractivity contribution in [3.63, 3.8) is 0 Å². The van der Waals surface area contributed by atoms with E-state index in [4.69, 9.17) is 8.83 Å². The first-order chi connectivity index (χ1) is 15.9. The Bertz CT molecular complexity index is 1340. The molecule has 0 bridgehead atoms. The van der Waals surface area contributed by atoms with Gasteiger partial charge in [0.2, 0.25) is 0 Å². The molecule has 8 nitrogen and oxygen atoms in total. The van der Waals surface area contributed by atoms with Crippen molar-refractivity contribution < 1.29 is 22.0 Å². The summed E-state index contributed by atoms with van der Waals surface area (Å²) >= 11 is 0. The summed E-state index contributed by atoms with van der Waals surface area (Å²) in [6, 6.07) is 11.7. The van der Waals surface area contributed by atoms with Crippen molar-refractivity contribution in [2.45, 2.75) is 38.3 Å². The van der Waals surface area contributed by atoms with E-state index >= 15 is 0 Å². The van der Waals surface area contributed by atoms with Gasteiger partial charge in [-0.25, -0.2) is 13.2 Å². The highest BCUT2D eigenvalue weighted by Crippen LogP contribution is 2.27. The number of benzene rings is 1. The number of carbonyl (C=O) groups is 1. The van der Waals surface area contributed by atoms with Crippen LogP contribution in [0.15, 0.2) is 56.1 Å². The van der Waals surface area contributed by atoms with Crippen LogP contribution in [0.3, 0.4) is 0 Å². The normalized spacial score (nSPS) is 20.2. The number of rotatable bonds is 5. The summed E-state index contributed by atoms with van der Waals surface area (Å²) in [5.41, 5.74) is -0.454. The van der Waals surface area contributed by atoms with Crippen molar-refractivity contribution in [3.8, 4) is 0 Å². The van der Waals surface area contributed by atoms with Crippen LogP contribution in [0.5, 0.6) is 0 Å². The Morgan fingerprint density at radius 1 is 1.06 bits per heavy atom. The molecule has 0 aliphatic carbocycles. The van der Waals surface area contributed by atoms with Gasteiger partial charge in [0.05, 0.1) is 18.1 Å². The van der Waals surface area contributed by atoms with Gasteiger partial charge < -0.3 is 18.6 Å². The molecule has 0 N–H and O–H groups in total. The fourth-order valence-corrected chi connectivity index (χ4v) is 6.39. The van der Waals surface area contributed by atoms with Crippen LogP contribution in [0.25, 0.3) is 11.0 Å². The molecule has 2 aromatic heterocycles. The van der Waals surface area contributed by atoms with Crippen LogP contribution in [0, 0.1) is 0 Å². The number of furan rings is 1. The number of sulfone groups is 1. The maximum absolute atomic E-state index is 13.5. The van der Waals surface area contributed by atoms with Crippen molar-refractivity contribution in [1.29, 1.82) is 0 Å². The zero-order valence-corrected chi connectivity index (χ0v) is 19.1. The van der Waals surface area contributed by atoms with Gasteiger partial charge in [0.15, 0.2) is 15.7 Å². The topological polar surface area (TPSA) is 101 Å². The molecule has 33 heavy (non-hydrogen) atoms. The molecule has 1 unspecified atom stereocenters. The lowest BCUT2D eigenvalue weighted by Gasteiger charge is -2.28. The first kappa shape index (κ1) is 21.8. The molecular weight excluding hydrogens is 444 g/mol. The van der Waals surface area contributed by atoms with E-state index in [1.54, 1.807) is 24.3 Å². The van der Waals surface area contributed by atoms with Crippen molar-refractivity contribution in [1.82, 2.24) is 4.90 Å². The van der Waals surface area contributed by atoms with Gasteiger partial charge in [-0.1, -0.05) is 18.2 Å². The maximum atomic E-state index is 13.5. The Balaban J connectivity index is 1.46. The van der Waals surface area contributed by atoms with E-state index in [1.807, 2.05) is 12.1 Å². The molecule has 2 aliphatic rings. The van der Waals surface area contributed by atoms with Crippen LogP contribution in [-0.2, 0) is 16.4 Å². The molecule has 0 saturated carbocycles. The first-order valence-electron chi connectivity index (χ1n) is 11.3.